The number of nitrogens with one attached hydrogen (secondary N) is 1. The predicted octanol–water partition coefficient (Wildman–Crippen LogP) is 0.321. The lowest BCUT2D eigenvalue weighted by molar-refractivity contribution is -0.168. The third-order valence-corrected chi connectivity index (χ3v) is 3.68. The van der Waals surface area contributed by atoms with Gasteiger partial charge in [-0.05, 0) is 34.6 Å². The fourth-order valence-corrected chi connectivity index (χ4v) is 2.93. The second-order valence-corrected chi connectivity index (χ2v) is 7.19. The maximum atomic E-state index is 12.3. The van der Waals surface area contributed by atoms with Crippen LogP contribution in [0, 0.1) is 17.2 Å². The first-order chi connectivity index (χ1) is 10.1. The molecule has 0 amide bonds. The summed E-state index contributed by atoms with van der Waals surface area (Å²) in [7, 11) is 0. The highest BCUT2D eigenvalue weighted by Gasteiger charge is 2.57. The summed E-state index contributed by atoms with van der Waals surface area (Å²) >= 11 is 0. The van der Waals surface area contributed by atoms with E-state index in [1.165, 1.54) is 0 Å². The molecule has 7 nitrogen and oxygen atoms in total. The van der Waals surface area contributed by atoms with Crippen molar-refractivity contribution in [2.45, 2.75) is 70.3 Å². The Balaban J connectivity index is 2.19. The molecule has 2 heterocycles. The second kappa shape index (κ2) is 5.78. The zero-order valence-corrected chi connectivity index (χ0v) is 13.6. The zero-order valence-electron chi connectivity index (χ0n) is 13.6. The van der Waals surface area contributed by atoms with Gasteiger partial charge in [-0.15, -0.1) is 0 Å². The number of ether oxygens (including phenoxy) is 3. The average molecular weight is 312 g/mol. The Bertz CT molecular complexity index is 479. The topological polar surface area (TPSA) is 101 Å². The lowest BCUT2D eigenvalue weighted by Gasteiger charge is -2.27. The molecule has 2 fully saturated rings. The molecule has 0 spiro atoms. The van der Waals surface area contributed by atoms with Gasteiger partial charge in [0.25, 0.3) is 0 Å². The molecule has 0 radical (unpaired) electrons. The molecule has 2 saturated heterocycles. The largest absolute Gasteiger partial charge is 0.459 e. The minimum Gasteiger partial charge on any atom is -0.459 e. The predicted molar refractivity (Wildman–Crippen MR) is 76.6 cm³/mol. The number of carbonyl (C=O) groups excluding carboxylic acids is 1. The number of rotatable bonds is 3. The van der Waals surface area contributed by atoms with E-state index < -0.39 is 41.5 Å². The van der Waals surface area contributed by atoms with Gasteiger partial charge in [-0.1, -0.05) is 0 Å². The van der Waals surface area contributed by atoms with Crippen LogP contribution in [-0.4, -0.2) is 53.4 Å². The molecule has 2 aliphatic rings. The molecule has 0 aromatic heterocycles. The van der Waals surface area contributed by atoms with Gasteiger partial charge in [0, 0.05) is 0 Å². The third-order valence-electron chi connectivity index (χ3n) is 3.68. The van der Waals surface area contributed by atoms with Crippen molar-refractivity contribution >= 4 is 5.97 Å². The van der Waals surface area contributed by atoms with Crippen molar-refractivity contribution in [1.29, 1.82) is 5.26 Å². The summed E-state index contributed by atoms with van der Waals surface area (Å²) in [6.07, 6.45) is -0.882. The van der Waals surface area contributed by atoms with Crippen LogP contribution in [0.1, 0.15) is 34.6 Å². The smallest absolute Gasteiger partial charge is 0.325 e. The van der Waals surface area contributed by atoms with Crippen molar-refractivity contribution in [1.82, 2.24) is 5.32 Å². The number of fused-ring (bicyclic) bond motifs is 1. The van der Waals surface area contributed by atoms with E-state index in [1.807, 2.05) is 6.07 Å². The van der Waals surface area contributed by atoms with Gasteiger partial charge in [-0.2, -0.15) is 5.26 Å². The maximum absolute atomic E-state index is 12.3. The van der Waals surface area contributed by atoms with Crippen LogP contribution in [0.2, 0.25) is 0 Å². The van der Waals surface area contributed by atoms with Crippen LogP contribution in [0.4, 0.5) is 0 Å². The molecule has 5 atom stereocenters. The summed E-state index contributed by atoms with van der Waals surface area (Å²) in [4.78, 5) is 12.3. The number of aliphatic hydroxyl groups excluding tert-OH is 1. The first kappa shape index (κ1) is 17.2. The zero-order chi connectivity index (χ0) is 16.7. The Morgan fingerprint density at radius 3 is 2.50 bits per heavy atom. The summed E-state index contributed by atoms with van der Waals surface area (Å²) in [5, 5.41) is 22.0. The number of nitriles is 1. The molecule has 7 heteroatoms. The molecule has 2 N–H and O–H groups in total. The molecular weight excluding hydrogens is 288 g/mol. The number of hydrogen-bond donors (Lipinski definition) is 2. The number of esters is 1. The summed E-state index contributed by atoms with van der Waals surface area (Å²) in [6.45, 7) is 8.62. The molecule has 2 aliphatic heterocycles. The van der Waals surface area contributed by atoms with Crippen LogP contribution >= 0.6 is 0 Å². The fourth-order valence-electron chi connectivity index (χ4n) is 2.93. The molecule has 0 aliphatic carbocycles. The van der Waals surface area contributed by atoms with Gasteiger partial charge >= 0.3 is 5.97 Å². The molecule has 0 aromatic carbocycles. The van der Waals surface area contributed by atoms with Crippen molar-refractivity contribution in [3.63, 3.8) is 0 Å². The SMILES string of the molecule is CC(C)(C)OC(=O)C(C#N)C1N[C@H](CO)[C@H]2OC(C)(C)O[C@@H]12. The third kappa shape index (κ3) is 3.41. The van der Waals surface area contributed by atoms with Gasteiger partial charge in [0.05, 0.1) is 24.8 Å². The molecular formula is C15H24N2O5. The van der Waals surface area contributed by atoms with Crippen molar-refractivity contribution < 1.29 is 24.1 Å². The van der Waals surface area contributed by atoms with E-state index in [4.69, 9.17) is 14.2 Å². The lowest BCUT2D eigenvalue weighted by Crippen LogP contribution is -2.47. The van der Waals surface area contributed by atoms with Gasteiger partial charge in [0.1, 0.15) is 17.8 Å². The second-order valence-electron chi connectivity index (χ2n) is 7.19. The van der Waals surface area contributed by atoms with E-state index in [0.717, 1.165) is 0 Å². The summed E-state index contributed by atoms with van der Waals surface area (Å²) in [5.74, 6) is -2.43. The standard InChI is InChI=1S/C15H24N2O5/c1-14(2,3)22-13(19)8(6-16)10-12-11(9(7-18)17-10)20-15(4,5)21-12/h8-12,17-18H,7H2,1-5H3/t8?,9-,10?,11-,12+/m1/s1. The van der Waals surface area contributed by atoms with Crippen molar-refractivity contribution in [3.05, 3.63) is 0 Å². The van der Waals surface area contributed by atoms with E-state index in [1.54, 1.807) is 34.6 Å². The van der Waals surface area contributed by atoms with Crippen LogP contribution in [0.25, 0.3) is 0 Å². The molecule has 0 aromatic rings. The number of aliphatic hydroxyl groups is 1. The number of carbonyl (C=O) groups is 1. The van der Waals surface area contributed by atoms with Gasteiger partial charge < -0.3 is 24.6 Å². The highest BCUT2D eigenvalue weighted by molar-refractivity contribution is 5.76. The highest BCUT2D eigenvalue weighted by Crippen LogP contribution is 2.38. The summed E-state index contributed by atoms with van der Waals surface area (Å²) in [6, 6.07) is 1.04. The van der Waals surface area contributed by atoms with Crippen molar-refractivity contribution in [2.24, 2.45) is 5.92 Å². The Kier molecular flexibility index (Phi) is 4.51. The quantitative estimate of drug-likeness (QED) is 0.724. The Morgan fingerprint density at radius 2 is 2.00 bits per heavy atom. The van der Waals surface area contributed by atoms with Crippen LogP contribution in [0.5, 0.6) is 0 Å². The van der Waals surface area contributed by atoms with Crippen LogP contribution < -0.4 is 5.32 Å². The molecule has 124 valence electrons. The van der Waals surface area contributed by atoms with Gasteiger partial charge in [-0.25, -0.2) is 0 Å². The molecule has 2 rings (SSSR count). The van der Waals surface area contributed by atoms with Gasteiger partial charge in [0.2, 0.25) is 0 Å². The van der Waals surface area contributed by atoms with Crippen LogP contribution in [0.3, 0.4) is 0 Å². The average Bonchev–Trinajstić information content (AvgIpc) is 2.82. The monoisotopic (exact) mass is 312 g/mol. The Hall–Kier alpha value is -1.20. The first-order valence-corrected chi connectivity index (χ1v) is 7.43. The fraction of sp³-hybridized carbons (Fsp3) is 0.867. The Morgan fingerprint density at radius 1 is 1.41 bits per heavy atom. The number of nitrogens with zero attached hydrogens (tertiary/aromatic N) is 1. The molecule has 2 unspecified atom stereocenters. The van der Waals surface area contributed by atoms with Crippen LogP contribution in [-0.2, 0) is 19.0 Å². The minimum absolute atomic E-state index is 0.163. The normalized spacial score (nSPS) is 34.8. The van der Waals surface area contributed by atoms with Crippen molar-refractivity contribution in [3.8, 4) is 6.07 Å². The van der Waals surface area contributed by atoms with Crippen LogP contribution in [0.15, 0.2) is 0 Å². The van der Waals surface area contributed by atoms with Gasteiger partial charge in [-0.3, -0.25) is 4.79 Å². The molecule has 22 heavy (non-hydrogen) atoms. The van der Waals surface area contributed by atoms with Gasteiger partial charge in [0.15, 0.2) is 11.7 Å². The Labute approximate surface area is 130 Å². The van der Waals surface area contributed by atoms with E-state index in [0.29, 0.717) is 0 Å². The minimum atomic E-state index is -1.03. The van der Waals surface area contributed by atoms with E-state index in [2.05, 4.69) is 5.32 Å². The van der Waals surface area contributed by atoms with E-state index in [-0.39, 0.29) is 12.6 Å². The molecule has 0 saturated carbocycles. The first-order valence-electron chi connectivity index (χ1n) is 7.43. The highest BCUT2D eigenvalue weighted by atomic mass is 16.8. The summed E-state index contributed by atoms with van der Waals surface area (Å²) < 4.78 is 16.9. The lowest BCUT2D eigenvalue weighted by atomic mass is 9.96. The maximum Gasteiger partial charge on any atom is 0.325 e. The molecule has 0 bridgehead atoms. The number of hydrogen-bond acceptors (Lipinski definition) is 7. The van der Waals surface area contributed by atoms with E-state index in [9.17, 15) is 15.2 Å². The summed E-state index contributed by atoms with van der Waals surface area (Å²) in [5.41, 5.74) is -0.674. The van der Waals surface area contributed by atoms with E-state index >= 15 is 0 Å². The van der Waals surface area contributed by atoms with Crippen molar-refractivity contribution in [2.75, 3.05) is 6.61 Å².